The summed E-state index contributed by atoms with van der Waals surface area (Å²) in [5.41, 5.74) is 0. The lowest BCUT2D eigenvalue weighted by Gasteiger charge is -2.01. The highest BCUT2D eigenvalue weighted by molar-refractivity contribution is 5.80. The maximum atomic E-state index is 10.8. The highest BCUT2D eigenvalue weighted by Gasteiger charge is 2.03. The molecule has 0 radical (unpaired) electrons. The van der Waals surface area contributed by atoms with E-state index in [-0.39, 0.29) is 31.4 Å². The van der Waals surface area contributed by atoms with Crippen molar-refractivity contribution in [1.82, 2.24) is 0 Å². The van der Waals surface area contributed by atoms with Gasteiger partial charge >= 0.3 is 5.97 Å². The van der Waals surface area contributed by atoms with E-state index < -0.39 is 0 Å². The Bertz CT molecular complexity index is 309. The van der Waals surface area contributed by atoms with Crippen molar-refractivity contribution >= 4 is 11.8 Å². The zero-order chi connectivity index (χ0) is 25.1. The van der Waals surface area contributed by atoms with E-state index in [1.54, 1.807) is 18.2 Å². The minimum absolute atomic E-state index is 0.0300. The molecule has 182 valence electrons. The number of Topliss-reactive ketones (excluding diaryl/α,β-unsaturated/α-hetero) is 1. The highest BCUT2D eigenvalue weighted by atomic mass is 16.5. The van der Waals surface area contributed by atoms with Gasteiger partial charge in [0, 0.05) is 19.6 Å². The molecule has 0 saturated heterocycles. The van der Waals surface area contributed by atoms with Crippen molar-refractivity contribution in [3.05, 3.63) is 38.0 Å². The van der Waals surface area contributed by atoms with Crippen LogP contribution in [-0.2, 0) is 19.1 Å². The Morgan fingerprint density at radius 3 is 1.40 bits per heavy atom. The van der Waals surface area contributed by atoms with E-state index in [9.17, 15) is 9.59 Å². The Morgan fingerprint density at radius 1 is 0.833 bits per heavy atom. The van der Waals surface area contributed by atoms with Crippen molar-refractivity contribution in [2.24, 2.45) is 0 Å². The first-order chi connectivity index (χ1) is 14.2. The lowest BCUT2D eigenvalue weighted by atomic mass is 10.2. The molecule has 0 aromatic rings. The van der Waals surface area contributed by atoms with Gasteiger partial charge in [0.05, 0.1) is 26.2 Å². The fourth-order valence-corrected chi connectivity index (χ4v) is 0.885. The van der Waals surface area contributed by atoms with Gasteiger partial charge in [-0.05, 0) is 48.0 Å². The van der Waals surface area contributed by atoms with Gasteiger partial charge in [-0.3, -0.25) is 4.79 Å². The Labute approximate surface area is 186 Å². The quantitative estimate of drug-likeness (QED) is 0.291. The van der Waals surface area contributed by atoms with Crippen LogP contribution in [0.2, 0.25) is 0 Å². The normalized spacial score (nSPS) is 7.50. The number of esters is 1. The van der Waals surface area contributed by atoms with E-state index in [0.717, 1.165) is 26.1 Å². The number of aliphatic hydroxyl groups is 2. The van der Waals surface area contributed by atoms with Gasteiger partial charge < -0.3 is 24.5 Å². The number of hydrogen-bond donors (Lipinski definition) is 2. The fraction of sp³-hybridized carbons (Fsp3) is 0.667. The molecule has 0 aliphatic carbocycles. The number of allylic oxidation sites excluding steroid dienone is 3. The highest BCUT2D eigenvalue weighted by Crippen LogP contribution is 1.95. The van der Waals surface area contributed by atoms with Crippen molar-refractivity contribution in [2.75, 3.05) is 33.0 Å². The molecule has 0 heterocycles. The molecular weight excluding hydrogens is 384 g/mol. The molecule has 6 nitrogen and oxygen atoms in total. The Balaban J connectivity index is -0.0000000665. The minimum Gasteiger partial charge on any atom is -0.466 e. The van der Waals surface area contributed by atoms with E-state index in [2.05, 4.69) is 19.7 Å². The van der Waals surface area contributed by atoms with Crippen molar-refractivity contribution < 1.29 is 29.3 Å². The van der Waals surface area contributed by atoms with Crippen LogP contribution in [0.25, 0.3) is 0 Å². The van der Waals surface area contributed by atoms with Gasteiger partial charge in [-0.15, -0.1) is 19.7 Å². The second kappa shape index (κ2) is 56.4. The molecule has 0 aromatic heterocycles. The molecule has 30 heavy (non-hydrogen) atoms. The molecule has 0 aliphatic heterocycles. The number of ketones is 1. The summed E-state index contributed by atoms with van der Waals surface area (Å²) in [5.74, 6) is -0.235. The van der Waals surface area contributed by atoms with Gasteiger partial charge in [-0.2, -0.15) is 0 Å². The van der Waals surface area contributed by atoms with Crippen LogP contribution < -0.4 is 0 Å². The number of ether oxygens (including phenoxy) is 2. The number of carbonyl (C=O) groups excluding carboxylic acids is 2. The smallest absolute Gasteiger partial charge is 0.306 e. The van der Waals surface area contributed by atoms with Crippen molar-refractivity contribution in [3.8, 4) is 0 Å². The third-order valence-electron chi connectivity index (χ3n) is 1.95. The molecular formula is C24H50O6. The lowest BCUT2D eigenvalue weighted by molar-refractivity contribution is -0.144. The van der Waals surface area contributed by atoms with Crippen molar-refractivity contribution in [1.29, 1.82) is 0 Å². The first-order valence-electron chi connectivity index (χ1n) is 10.4. The van der Waals surface area contributed by atoms with Crippen molar-refractivity contribution in [3.63, 3.8) is 0 Å². The van der Waals surface area contributed by atoms with Crippen LogP contribution in [-0.4, -0.2) is 55.0 Å². The monoisotopic (exact) mass is 434 g/mol. The van der Waals surface area contributed by atoms with E-state index in [4.69, 9.17) is 19.7 Å². The van der Waals surface area contributed by atoms with Crippen molar-refractivity contribution in [2.45, 2.75) is 74.1 Å². The summed E-state index contributed by atoms with van der Waals surface area (Å²) in [6.07, 6.45) is 7.68. The maximum absolute atomic E-state index is 10.8. The van der Waals surface area contributed by atoms with E-state index in [0.29, 0.717) is 13.0 Å². The molecule has 6 heteroatoms. The minimum atomic E-state index is -0.265. The average molecular weight is 435 g/mol. The Morgan fingerprint density at radius 2 is 1.20 bits per heavy atom. The van der Waals surface area contributed by atoms with E-state index >= 15 is 0 Å². The molecule has 0 spiro atoms. The van der Waals surface area contributed by atoms with Gasteiger partial charge in [0.15, 0.2) is 0 Å². The summed E-state index contributed by atoms with van der Waals surface area (Å²) in [4.78, 5) is 21.3. The zero-order valence-electron chi connectivity index (χ0n) is 20.7. The second-order valence-corrected chi connectivity index (χ2v) is 5.23. The number of carbonyl (C=O) groups is 2. The van der Waals surface area contributed by atoms with E-state index in [1.165, 1.54) is 6.92 Å². The third-order valence-corrected chi connectivity index (χ3v) is 1.95. The fourth-order valence-electron chi connectivity index (χ4n) is 0.885. The Hall–Kier alpha value is -1.76. The molecule has 0 aliphatic rings. The SMILES string of the molecule is C=CC.C=CC.C=CC.CCCCOC(=O)CCC(C)=O.CCOCC.OCCO. The van der Waals surface area contributed by atoms with Gasteiger partial charge in [0.25, 0.3) is 0 Å². The van der Waals surface area contributed by atoms with Gasteiger partial charge in [-0.1, -0.05) is 31.6 Å². The van der Waals surface area contributed by atoms with Crippen LogP contribution in [0.5, 0.6) is 0 Å². The van der Waals surface area contributed by atoms with Crippen LogP contribution in [0.3, 0.4) is 0 Å². The van der Waals surface area contributed by atoms with E-state index in [1.807, 2.05) is 41.5 Å². The van der Waals surface area contributed by atoms with Crippen LogP contribution in [0, 0.1) is 0 Å². The van der Waals surface area contributed by atoms with Gasteiger partial charge in [-0.25, -0.2) is 0 Å². The second-order valence-electron chi connectivity index (χ2n) is 5.23. The number of rotatable bonds is 9. The molecule has 0 amide bonds. The lowest BCUT2D eigenvalue weighted by Crippen LogP contribution is -2.07. The van der Waals surface area contributed by atoms with Gasteiger partial charge in [0.1, 0.15) is 5.78 Å². The molecule has 2 N–H and O–H groups in total. The molecule has 0 fully saturated rings. The molecule has 0 rings (SSSR count). The summed E-state index contributed by atoms with van der Waals surface area (Å²) in [7, 11) is 0. The maximum Gasteiger partial charge on any atom is 0.306 e. The molecule has 0 bridgehead atoms. The van der Waals surface area contributed by atoms with Crippen LogP contribution in [0.15, 0.2) is 38.0 Å². The third kappa shape index (κ3) is 132. The number of hydrogen-bond acceptors (Lipinski definition) is 6. The standard InChI is InChI=1S/C9H16O3.C4H10O.3C3H6.C2H6O2/c1-3-4-7-12-9(11)6-5-8(2)10;1-3-5-4-2;3*1-3-2;3-1-2-4/h3-7H2,1-2H3;3-4H2,1-2H3;3*3H,1H2,2H3;3-4H,1-2H2. The van der Waals surface area contributed by atoms with Crippen LogP contribution in [0.4, 0.5) is 0 Å². The number of aliphatic hydroxyl groups excluding tert-OH is 2. The average Bonchev–Trinajstić information content (AvgIpc) is 2.70. The summed E-state index contributed by atoms with van der Waals surface area (Å²) >= 11 is 0. The topological polar surface area (TPSA) is 93.1 Å². The first kappa shape index (κ1) is 42.4. The van der Waals surface area contributed by atoms with Crippen LogP contribution in [0.1, 0.15) is 74.1 Å². The summed E-state index contributed by atoms with van der Waals surface area (Å²) < 4.78 is 9.68. The molecule has 0 saturated carbocycles. The van der Waals surface area contributed by atoms with Gasteiger partial charge in [0.2, 0.25) is 0 Å². The Kier molecular flexibility index (Phi) is 79.6. The summed E-state index contributed by atoms with van der Waals surface area (Å²) in [6, 6.07) is 0. The predicted molar refractivity (Wildman–Crippen MR) is 130 cm³/mol. The zero-order valence-corrected chi connectivity index (χ0v) is 20.7. The van der Waals surface area contributed by atoms with Crippen LogP contribution >= 0.6 is 0 Å². The summed E-state index contributed by atoms with van der Waals surface area (Å²) in [5, 5.41) is 15.2. The molecule has 0 atom stereocenters. The number of unbranched alkanes of at least 4 members (excludes halogenated alkanes) is 1. The molecule has 0 unspecified atom stereocenters. The molecule has 0 aromatic carbocycles. The predicted octanol–water partition coefficient (Wildman–Crippen LogP) is 5.29. The largest absolute Gasteiger partial charge is 0.466 e. The first-order valence-corrected chi connectivity index (χ1v) is 10.4. The summed E-state index contributed by atoms with van der Waals surface area (Å²) in [6.45, 7) is 25.1.